The Morgan fingerprint density at radius 3 is 2.62 bits per heavy atom. The monoisotopic (exact) mass is 241 g/mol. The summed E-state index contributed by atoms with van der Waals surface area (Å²) in [5.41, 5.74) is 13.0. The van der Waals surface area contributed by atoms with Crippen molar-refractivity contribution in [1.82, 2.24) is 4.98 Å². The van der Waals surface area contributed by atoms with Gasteiger partial charge < -0.3 is 11.5 Å². The summed E-state index contributed by atoms with van der Waals surface area (Å²) in [6, 6.07) is 2.00. The third-order valence-corrected chi connectivity index (χ3v) is 3.01. The molecule has 1 unspecified atom stereocenters. The summed E-state index contributed by atoms with van der Waals surface area (Å²) in [5.74, 6) is 0.547. The molecule has 0 saturated heterocycles. The Bertz CT molecular complexity index is 358. The minimum atomic E-state index is 0.112. The second kappa shape index (κ2) is 5.02. The van der Waals surface area contributed by atoms with Crippen molar-refractivity contribution in [3.05, 3.63) is 22.8 Å². The zero-order valence-electron chi connectivity index (χ0n) is 10.1. The van der Waals surface area contributed by atoms with E-state index in [0.29, 0.717) is 10.8 Å². The van der Waals surface area contributed by atoms with Crippen LogP contribution in [0.15, 0.2) is 12.3 Å². The molecule has 16 heavy (non-hydrogen) atoms. The zero-order valence-corrected chi connectivity index (χ0v) is 10.9. The number of pyridine rings is 1. The Hall–Kier alpha value is -0.800. The average Bonchev–Trinajstić information content (AvgIpc) is 2.17. The highest BCUT2D eigenvalue weighted by Crippen LogP contribution is 2.23. The van der Waals surface area contributed by atoms with Gasteiger partial charge in [0.2, 0.25) is 0 Å². The summed E-state index contributed by atoms with van der Waals surface area (Å²) in [5, 5.41) is 0.619. The van der Waals surface area contributed by atoms with Gasteiger partial charge in [-0.15, -0.1) is 0 Å². The molecule has 0 spiro atoms. The zero-order chi connectivity index (χ0) is 12.3. The molecule has 3 nitrogen and oxygen atoms in total. The van der Waals surface area contributed by atoms with Crippen molar-refractivity contribution < 1.29 is 0 Å². The van der Waals surface area contributed by atoms with Gasteiger partial charge in [-0.25, -0.2) is 4.98 Å². The molecule has 1 atom stereocenters. The molecule has 0 fully saturated rings. The molecule has 1 rings (SSSR count). The van der Waals surface area contributed by atoms with Crippen LogP contribution < -0.4 is 11.5 Å². The van der Waals surface area contributed by atoms with Gasteiger partial charge in [-0.2, -0.15) is 0 Å². The predicted molar refractivity (Wildman–Crippen MR) is 69.4 cm³/mol. The molecule has 0 radical (unpaired) electrons. The van der Waals surface area contributed by atoms with E-state index < -0.39 is 0 Å². The van der Waals surface area contributed by atoms with Crippen molar-refractivity contribution >= 4 is 17.4 Å². The van der Waals surface area contributed by atoms with Gasteiger partial charge >= 0.3 is 0 Å². The van der Waals surface area contributed by atoms with E-state index in [0.717, 1.165) is 18.4 Å². The van der Waals surface area contributed by atoms with Crippen LogP contribution in [0.1, 0.15) is 32.8 Å². The number of nitrogens with two attached hydrogens (primary N) is 2. The lowest BCUT2D eigenvalue weighted by molar-refractivity contribution is 0.306. The van der Waals surface area contributed by atoms with Gasteiger partial charge in [0, 0.05) is 12.2 Å². The molecular formula is C12H20ClN3. The first kappa shape index (κ1) is 13.3. The largest absolute Gasteiger partial charge is 0.383 e. The van der Waals surface area contributed by atoms with Crippen LogP contribution in [-0.2, 0) is 6.42 Å². The number of aryl methyl sites for hydroxylation is 1. The van der Waals surface area contributed by atoms with Gasteiger partial charge in [0.15, 0.2) is 0 Å². The normalized spacial score (nSPS) is 13.8. The summed E-state index contributed by atoms with van der Waals surface area (Å²) < 4.78 is 0. The highest BCUT2D eigenvalue weighted by Gasteiger charge is 2.20. The first-order valence-electron chi connectivity index (χ1n) is 5.46. The molecule has 4 heteroatoms. The summed E-state index contributed by atoms with van der Waals surface area (Å²) in [4.78, 5) is 4.02. The fourth-order valence-electron chi connectivity index (χ4n) is 1.44. The van der Waals surface area contributed by atoms with Crippen molar-refractivity contribution in [3.63, 3.8) is 0 Å². The minimum Gasteiger partial charge on any atom is -0.383 e. The molecule has 90 valence electrons. The maximum absolute atomic E-state index is 6.09. The number of nitrogens with zero attached hydrogens (tertiary/aromatic N) is 1. The highest BCUT2D eigenvalue weighted by molar-refractivity contribution is 6.30. The molecule has 0 aliphatic heterocycles. The molecule has 1 heterocycles. The van der Waals surface area contributed by atoms with Crippen LogP contribution in [0.5, 0.6) is 0 Å². The number of halogens is 1. The Morgan fingerprint density at radius 1 is 1.44 bits per heavy atom. The second-order valence-electron chi connectivity index (χ2n) is 5.21. The Morgan fingerprint density at radius 2 is 2.06 bits per heavy atom. The second-order valence-corrected chi connectivity index (χ2v) is 5.65. The quantitative estimate of drug-likeness (QED) is 0.855. The first-order chi connectivity index (χ1) is 7.30. The molecule has 1 aromatic heterocycles. The van der Waals surface area contributed by atoms with Crippen LogP contribution in [0.25, 0.3) is 0 Å². The lowest BCUT2D eigenvalue weighted by Gasteiger charge is -2.27. The molecule has 0 aromatic carbocycles. The fraction of sp³-hybridized carbons (Fsp3) is 0.583. The maximum atomic E-state index is 6.09. The summed E-state index contributed by atoms with van der Waals surface area (Å²) in [6.45, 7) is 6.41. The van der Waals surface area contributed by atoms with Crippen LogP contribution in [-0.4, -0.2) is 11.0 Å². The maximum Gasteiger partial charge on any atom is 0.126 e. The van der Waals surface area contributed by atoms with Gasteiger partial charge in [0.25, 0.3) is 0 Å². The predicted octanol–water partition coefficient (Wildman–Crippen LogP) is 2.62. The molecule has 4 N–H and O–H groups in total. The minimum absolute atomic E-state index is 0.112. The van der Waals surface area contributed by atoms with E-state index in [9.17, 15) is 0 Å². The molecular weight excluding hydrogens is 222 g/mol. The van der Waals surface area contributed by atoms with Crippen molar-refractivity contribution in [2.75, 3.05) is 5.73 Å². The van der Waals surface area contributed by atoms with E-state index in [-0.39, 0.29) is 11.5 Å². The molecule has 1 aromatic rings. The summed E-state index contributed by atoms with van der Waals surface area (Å²) in [7, 11) is 0. The Balaban J connectivity index is 2.64. The van der Waals surface area contributed by atoms with E-state index >= 15 is 0 Å². The van der Waals surface area contributed by atoms with E-state index in [1.54, 1.807) is 6.20 Å². The highest BCUT2D eigenvalue weighted by atomic mass is 35.5. The Kier molecular flexibility index (Phi) is 4.16. The van der Waals surface area contributed by atoms with Gasteiger partial charge in [0.05, 0.1) is 5.02 Å². The fourth-order valence-corrected chi connectivity index (χ4v) is 1.62. The number of aromatic nitrogens is 1. The molecule has 0 amide bonds. The van der Waals surface area contributed by atoms with Crippen LogP contribution >= 0.6 is 11.6 Å². The number of rotatable bonds is 3. The third-order valence-electron chi connectivity index (χ3n) is 2.81. The van der Waals surface area contributed by atoms with E-state index in [1.807, 2.05) is 6.07 Å². The molecule has 0 saturated carbocycles. The van der Waals surface area contributed by atoms with Gasteiger partial charge in [-0.1, -0.05) is 32.4 Å². The molecule has 0 aliphatic carbocycles. The van der Waals surface area contributed by atoms with Crippen molar-refractivity contribution in [2.24, 2.45) is 11.1 Å². The average molecular weight is 242 g/mol. The number of anilines is 1. The number of nitrogen functional groups attached to an aromatic ring is 1. The standard InChI is InChI=1S/C12H20ClN3/c1-12(2,3)10(14)5-4-8-6-9(13)7-16-11(8)15/h6-7,10H,4-5,14H2,1-3H3,(H2,15,16). The smallest absolute Gasteiger partial charge is 0.126 e. The van der Waals surface area contributed by atoms with Crippen LogP contribution in [0.3, 0.4) is 0 Å². The molecule has 0 aliphatic rings. The molecule has 0 bridgehead atoms. The van der Waals surface area contributed by atoms with Crippen LogP contribution in [0.4, 0.5) is 5.82 Å². The number of hydrogen-bond donors (Lipinski definition) is 2. The lowest BCUT2D eigenvalue weighted by Crippen LogP contribution is -2.35. The van der Waals surface area contributed by atoms with Crippen molar-refractivity contribution in [3.8, 4) is 0 Å². The van der Waals surface area contributed by atoms with Crippen molar-refractivity contribution in [2.45, 2.75) is 39.7 Å². The first-order valence-corrected chi connectivity index (χ1v) is 5.84. The number of hydrogen-bond acceptors (Lipinski definition) is 3. The SMILES string of the molecule is CC(C)(C)C(N)CCc1cc(Cl)cnc1N. The van der Waals surface area contributed by atoms with E-state index in [1.165, 1.54) is 0 Å². The van der Waals surface area contributed by atoms with Crippen LogP contribution in [0.2, 0.25) is 5.02 Å². The summed E-state index contributed by atoms with van der Waals surface area (Å²) >= 11 is 5.87. The Labute approximate surface area is 102 Å². The van der Waals surface area contributed by atoms with Gasteiger partial charge in [0.1, 0.15) is 5.82 Å². The van der Waals surface area contributed by atoms with E-state index in [2.05, 4.69) is 25.8 Å². The lowest BCUT2D eigenvalue weighted by atomic mass is 9.84. The van der Waals surface area contributed by atoms with Crippen LogP contribution in [0, 0.1) is 5.41 Å². The summed E-state index contributed by atoms with van der Waals surface area (Å²) in [6.07, 6.45) is 3.26. The third kappa shape index (κ3) is 3.65. The topological polar surface area (TPSA) is 64.9 Å². The van der Waals surface area contributed by atoms with Gasteiger partial charge in [-0.05, 0) is 29.9 Å². The van der Waals surface area contributed by atoms with Crippen molar-refractivity contribution in [1.29, 1.82) is 0 Å². The van der Waals surface area contributed by atoms with E-state index in [4.69, 9.17) is 23.1 Å². The van der Waals surface area contributed by atoms with Gasteiger partial charge in [-0.3, -0.25) is 0 Å².